The molecular formula is C12H22O7. The van der Waals surface area contributed by atoms with Gasteiger partial charge in [-0.2, -0.15) is 0 Å². The summed E-state index contributed by atoms with van der Waals surface area (Å²) in [7, 11) is 0. The van der Waals surface area contributed by atoms with Crippen molar-refractivity contribution in [3.8, 4) is 0 Å². The Morgan fingerprint density at radius 2 is 1.58 bits per heavy atom. The zero-order valence-corrected chi connectivity index (χ0v) is 11.5. The molecule has 1 aliphatic heterocycles. The highest BCUT2D eigenvalue weighted by Crippen LogP contribution is 2.26. The van der Waals surface area contributed by atoms with Gasteiger partial charge in [-0.25, -0.2) is 4.79 Å². The summed E-state index contributed by atoms with van der Waals surface area (Å²) in [6.07, 6.45) is -7.04. The van der Waals surface area contributed by atoms with Crippen LogP contribution in [0, 0.1) is 0 Å². The minimum Gasteiger partial charge on any atom is -0.479 e. The summed E-state index contributed by atoms with van der Waals surface area (Å²) in [4.78, 5) is 11.2. The first-order valence-electron chi connectivity index (χ1n) is 6.29. The smallest absolute Gasteiger partial charge is 0.335 e. The van der Waals surface area contributed by atoms with Crippen LogP contribution in [-0.2, 0) is 19.0 Å². The Morgan fingerprint density at radius 3 is 2.00 bits per heavy atom. The third-order valence-corrected chi connectivity index (χ3v) is 2.62. The van der Waals surface area contributed by atoms with E-state index in [1.165, 1.54) is 0 Å². The topological polar surface area (TPSA) is 105 Å². The predicted octanol–water partition coefficient (Wildman–Crippen LogP) is -0.264. The third-order valence-electron chi connectivity index (χ3n) is 2.62. The number of aliphatic hydroxyl groups excluding tert-OH is 2. The molecule has 7 nitrogen and oxygen atoms in total. The normalized spacial score (nSPS) is 35.9. The predicted molar refractivity (Wildman–Crippen MR) is 64.5 cm³/mol. The van der Waals surface area contributed by atoms with Crippen LogP contribution in [0.5, 0.6) is 0 Å². The van der Waals surface area contributed by atoms with E-state index in [2.05, 4.69) is 0 Å². The fraction of sp³-hybridized carbons (Fsp3) is 0.917. The van der Waals surface area contributed by atoms with Gasteiger partial charge in [-0.1, -0.05) is 0 Å². The maximum Gasteiger partial charge on any atom is 0.335 e. The van der Waals surface area contributed by atoms with E-state index in [4.69, 9.17) is 19.3 Å². The second kappa shape index (κ2) is 6.62. The molecule has 3 N–H and O–H groups in total. The lowest BCUT2D eigenvalue weighted by Crippen LogP contribution is -2.61. The molecule has 5 unspecified atom stereocenters. The zero-order chi connectivity index (χ0) is 14.7. The standard InChI is InChI=1S/C12H22O7/c1-5(2)17-9-7(13)8(14)12(18-6(3)4)19-10(9)11(15)16/h5-10,12-14H,1-4H3,(H,15,16). The van der Waals surface area contributed by atoms with Crippen molar-refractivity contribution in [1.29, 1.82) is 0 Å². The highest BCUT2D eigenvalue weighted by molar-refractivity contribution is 5.73. The van der Waals surface area contributed by atoms with Crippen LogP contribution in [-0.4, -0.2) is 64.2 Å². The van der Waals surface area contributed by atoms with Crippen molar-refractivity contribution in [2.75, 3.05) is 0 Å². The number of carbonyl (C=O) groups is 1. The number of carboxylic acid groups (broad SMARTS) is 1. The van der Waals surface area contributed by atoms with Gasteiger partial charge in [-0.3, -0.25) is 0 Å². The largest absolute Gasteiger partial charge is 0.479 e. The lowest BCUT2D eigenvalue weighted by molar-refractivity contribution is -0.310. The molecule has 1 rings (SSSR count). The monoisotopic (exact) mass is 278 g/mol. The van der Waals surface area contributed by atoms with Crippen molar-refractivity contribution < 1.29 is 34.3 Å². The first-order valence-corrected chi connectivity index (χ1v) is 6.29. The first-order chi connectivity index (χ1) is 8.73. The van der Waals surface area contributed by atoms with Crippen LogP contribution in [0.2, 0.25) is 0 Å². The third kappa shape index (κ3) is 4.12. The number of ether oxygens (including phenoxy) is 3. The molecule has 0 amide bonds. The molecule has 5 atom stereocenters. The first kappa shape index (κ1) is 16.3. The van der Waals surface area contributed by atoms with Crippen molar-refractivity contribution in [1.82, 2.24) is 0 Å². The second-order valence-corrected chi connectivity index (χ2v) is 5.08. The van der Waals surface area contributed by atoms with Crippen LogP contribution in [0.1, 0.15) is 27.7 Å². The highest BCUT2D eigenvalue weighted by Gasteiger charge is 2.49. The quantitative estimate of drug-likeness (QED) is 0.636. The average Bonchev–Trinajstić information content (AvgIpc) is 2.27. The van der Waals surface area contributed by atoms with Crippen molar-refractivity contribution >= 4 is 5.97 Å². The zero-order valence-electron chi connectivity index (χ0n) is 11.5. The van der Waals surface area contributed by atoms with Gasteiger partial charge in [0.25, 0.3) is 0 Å². The maximum atomic E-state index is 11.2. The van der Waals surface area contributed by atoms with Crippen LogP contribution in [0.15, 0.2) is 0 Å². The number of aliphatic hydroxyl groups is 2. The molecule has 1 saturated heterocycles. The molecule has 0 aliphatic carbocycles. The Labute approximate surface area is 112 Å². The lowest BCUT2D eigenvalue weighted by atomic mass is 9.98. The fourth-order valence-electron chi connectivity index (χ4n) is 1.88. The summed E-state index contributed by atoms with van der Waals surface area (Å²) in [5.41, 5.74) is 0. The van der Waals surface area contributed by atoms with Gasteiger partial charge in [0.2, 0.25) is 0 Å². The van der Waals surface area contributed by atoms with Crippen molar-refractivity contribution in [2.24, 2.45) is 0 Å². The van der Waals surface area contributed by atoms with Crippen LogP contribution in [0.4, 0.5) is 0 Å². The molecule has 0 aromatic rings. The van der Waals surface area contributed by atoms with Gasteiger partial charge < -0.3 is 29.5 Å². The summed E-state index contributed by atoms with van der Waals surface area (Å²) in [6.45, 7) is 6.84. The molecule has 1 aliphatic rings. The van der Waals surface area contributed by atoms with E-state index in [9.17, 15) is 15.0 Å². The van der Waals surface area contributed by atoms with Gasteiger partial charge in [0.15, 0.2) is 12.4 Å². The molecule has 0 saturated carbocycles. The summed E-state index contributed by atoms with van der Waals surface area (Å²) >= 11 is 0. The molecule has 0 radical (unpaired) electrons. The molecular weight excluding hydrogens is 256 g/mol. The summed E-state index contributed by atoms with van der Waals surface area (Å²) in [6, 6.07) is 0. The Balaban J connectivity index is 2.87. The summed E-state index contributed by atoms with van der Waals surface area (Å²) in [5.74, 6) is -1.27. The van der Waals surface area contributed by atoms with Gasteiger partial charge in [0.05, 0.1) is 12.2 Å². The second-order valence-electron chi connectivity index (χ2n) is 5.08. The Kier molecular flexibility index (Phi) is 5.69. The van der Waals surface area contributed by atoms with E-state index in [1.54, 1.807) is 27.7 Å². The van der Waals surface area contributed by atoms with E-state index >= 15 is 0 Å². The molecule has 1 heterocycles. The van der Waals surface area contributed by atoms with Crippen molar-refractivity contribution in [2.45, 2.75) is 70.6 Å². The number of rotatable bonds is 5. The maximum absolute atomic E-state index is 11.2. The Morgan fingerprint density at radius 1 is 1.05 bits per heavy atom. The summed E-state index contributed by atoms with van der Waals surface area (Å²) < 4.78 is 15.8. The summed E-state index contributed by atoms with van der Waals surface area (Å²) in [5, 5.41) is 29.0. The number of hydrogen-bond donors (Lipinski definition) is 3. The molecule has 0 spiro atoms. The molecule has 1 fully saturated rings. The van der Waals surface area contributed by atoms with Crippen LogP contribution < -0.4 is 0 Å². The molecule has 0 bridgehead atoms. The lowest BCUT2D eigenvalue weighted by Gasteiger charge is -2.41. The van der Waals surface area contributed by atoms with E-state index in [0.29, 0.717) is 0 Å². The van der Waals surface area contributed by atoms with Gasteiger partial charge in [0.1, 0.15) is 18.3 Å². The highest BCUT2D eigenvalue weighted by atomic mass is 16.7. The fourth-order valence-corrected chi connectivity index (χ4v) is 1.88. The Bertz CT molecular complexity index is 304. The minimum absolute atomic E-state index is 0.274. The number of hydrogen-bond acceptors (Lipinski definition) is 6. The molecule has 112 valence electrons. The molecule has 7 heteroatoms. The molecule has 0 aromatic carbocycles. The van der Waals surface area contributed by atoms with Crippen LogP contribution >= 0.6 is 0 Å². The van der Waals surface area contributed by atoms with Gasteiger partial charge >= 0.3 is 5.97 Å². The van der Waals surface area contributed by atoms with Gasteiger partial charge in [-0.05, 0) is 27.7 Å². The molecule has 19 heavy (non-hydrogen) atoms. The van der Waals surface area contributed by atoms with E-state index in [1.807, 2.05) is 0 Å². The average molecular weight is 278 g/mol. The van der Waals surface area contributed by atoms with Gasteiger partial charge in [0, 0.05) is 0 Å². The van der Waals surface area contributed by atoms with Crippen LogP contribution in [0.25, 0.3) is 0 Å². The van der Waals surface area contributed by atoms with Gasteiger partial charge in [-0.15, -0.1) is 0 Å². The Hall–Kier alpha value is -0.730. The van der Waals surface area contributed by atoms with E-state index in [0.717, 1.165) is 0 Å². The van der Waals surface area contributed by atoms with E-state index < -0.39 is 36.7 Å². The van der Waals surface area contributed by atoms with Crippen LogP contribution in [0.3, 0.4) is 0 Å². The van der Waals surface area contributed by atoms with Crippen molar-refractivity contribution in [3.05, 3.63) is 0 Å². The SMILES string of the molecule is CC(C)OC1OC(C(=O)O)C(OC(C)C)C(O)C1O. The molecule has 0 aromatic heterocycles. The van der Waals surface area contributed by atoms with E-state index in [-0.39, 0.29) is 12.2 Å². The number of aliphatic carboxylic acids is 1. The minimum atomic E-state index is -1.39. The number of carboxylic acids is 1. The van der Waals surface area contributed by atoms with Crippen molar-refractivity contribution in [3.63, 3.8) is 0 Å².